The number of nitrogens with one attached hydrogen (secondary N) is 3. The smallest absolute Gasteiger partial charge is 0.246 e. The highest BCUT2D eigenvalue weighted by molar-refractivity contribution is 7.89. The van der Waals surface area contributed by atoms with Crippen molar-refractivity contribution in [2.24, 2.45) is 0 Å². The van der Waals surface area contributed by atoms with Gasteiger partial charge < -0.3 is 9.51 Å². The van der Waals surface area contributed by atoms with E-state index < -0.39 is 22.0 Å². The van der Waals surface area contributed by atoms with Crippen LogP contribution in [0.1, 0.15) is 18.4 Å². The summed E-state index contributed by atoms with van der Waals surface area (Å²) in [6, 6.07) is 6.26. The van der Waals surface area contributed by atoms with Gasteiger partial charge in [-0.1, -0.05) is 17.3 Å². The third-order valence-electron chi connectivity index (χ3n) is 3.59. The molecule has 0 saturated heterocycles. The summed E-state index contributed by atoms with van der Waals surface area (Å²) in [4.78, 5) is 19.4. The fourth-order valence-corrected chi connectivity index (χ4v) is 3.97. The van der Waals surface area contributed by atoms with Crippen LogP contribution in [-0.2, 0) is 14.8 Å². The number of nitrogens with zero attached hydrogens (tertiary/aromatic N) is 2. The summed E-state index contributed by atoms with van der Waals surface area (Å²) >= 11 is 0. The van der Waals surface area contributed by atoms with E-state index in [0.717, 1.165) is 5.52 Å². The predicted octanol–water partition coefficient (Wildman–Crippen LogP) is 1.47. The van der Waals surface area contributed by atoms with Crippen LogP contribution in [0, 0.1) is 13.8 Å². The SMILES string of the molecule is Cc1noc(C)c1S(=O)(=O)N[C@H](C)C(=O)Nc1nc2ccccc2[nH]1. The number of carbonyl (C=O) groups excluding carboxylic acids is 1. The number of hydrogen-bond acceptors (Lipinski definition) is 6. The summed E-state index contributed by atoms with van der Waals surface area (Å²) in [5, 5.41) is 6.17. The Bertz CT molecular complexity index is 985. The van der Waals surface area contributed by atoms with Gasteiger partial charge in [0.05, 0.1) is 17.1 Å². The molecule has 132 valence electrons. The minimum atomic E-state index is -3.94. The van der Waals surface area contributed by atoms with Crippen LogP contribution in [0.25, 0.3) is 11.0 Å². The van der Waals surface area contributed by atoms with Crippen molar-refractivity contribution in [3.05, 3.63) is 35.7 Å². The number of amides is 1. The number of imidazole rings is 1. The number of para-hydroxylation sites is 2. The molecule has 9 nitrogen and oxygen atoms in total. The van der Waals surface area contributed by atoms with Crippen LogP contribution >= 0.6 is 0 Å². The fourth-order valence-electron chi connectivity index (χ4n) is 2.44. The monoisotopic (exact) mass is 363 g/mol. The van der Waals surface area contributed by atoms with E-state index in [1.54, 1.807) is 6.07 Å². The van der Waals surface area contributed by atoms with Crippen molar-refractivity contribution < 1.29 is 17.7 Å². The molecule has 0 spiro atoms. The van der Waals surface area contributed by atoms with E-state index in [1.807, 2.05) is 18.2 Å². The van der Waals surface area contributed by atoms with E-state index in [9.17, 15) is 13.2 Å². The third kappa shape index (κ3) is 3.39. The van der Waals surface area contributed by atoms with E-state index in [2.05, 4.69) is 25.2 Å². The highest BCUT2D eigenvalue weighted by atomic mass is 32.2. The average Bonchev–Trinajstić information content (AvgIpc) is 3.09. The predicted molar refractivity (Wildman–Crippen MR) is 90.5 cm³/mol. The normalized spacial score (nSPS) is 13.1. The number of aryl methyl sites for hydroxylation is 2. The number of hydrogen-bond donors (Lipinski definition) is 3. The topological polar surface area (TPSA) is 130 Å². The Labute approximate surface area is 143 Å². The summed E-state index contributed by atoms with van der Waals surface area (Å²) in [5.41, 5.74) is 1.69. The van der Waals surface area contributed by atoms with Crippen LogP contribution in [0.3, 0.4) is 0 Å². The molecule has 0 radical (unpaired) electrons. The van der Waals surface area contributed by atoms with Gasteiger partial charge in [-0.3, -0.25) is 10.1 Å². The number of benzene rings is 1. The molecule has 0 aliphatic rings. The van der Waals surface area contributed by atoms with Gasteiger partial charge in [0, 0.05) is 0 Å². The van der Waals surface area contributed by atoms with Gasteiger partial charge in [0.25, 0.3) is 0 Å². The second-order valence-electron chi connectivity index (χ2n) is 5.59. The van der Waals surface area contributed by atoms with Crippen molar-refractivity contribution in [1.29, 1.82) is 0 Å². The van der Waals surface area contributed by atoms with Gasteiger partial charge in [0.1, 0.15) is 10.6 Å². The maximum Gasteiger partial charge on any atom is 0.246 e. The Kier molecular flexibility index (Phi) is 4.31. The second kappa shape index (κ2) is 6.30. The molecular formula is C15H17N5O4S. The van der Waals surface area contributed by atoms with Gasteiger partial charge in [-0.25, -0.2) is 13.4 Å². The van der Waals surface area contributed by atoms with E-state index >= 15 is 0 Å². The lowest BCUT2D eigenvalue weighted by Gasteiger charge is -2.13. The lowest BCUT2D eigenvalue weighted by atomic mass is 10.3. The molecule has 25 heavy (non-hydrogen) atoms. The molecule has 0 saturated carbocycles. The number of aromatic nitrogens is 3. The molecule has 2 heterocycles. The van der Waals surface area contributed by atoms with Crippen molar-refractivity contribution in [2.75, 3.05) is 5.32 Å². The molecule has 0 fully saturated rings. The zero-order valence-electron chi connectivity index (χ0n) is 13.8. The van der Waals surface area contributed by atoms with Crippen LogP contribution in [0.2, 0.25) is 0 Å². The summed E-state index contributed by atoms with van der Waals surface area (Å²) in [5.74, 6) is -0.140. The largest absolute Gasteiger partial charge is 0.360 e. The number of aromatic amines is 1. The number of anilines is 1. The highest BCUT2D eigenvalue weighted by Crippen LogP contribution is 2.19. The molecule has 1 amide bonds. The average molecular weight is 363 g/mol. The van der Waals surface area contributed by atoms with Crippen LogP contribution in [0.15, 0.2) is 33.7 Å². The van der Waals surface area contributed by atoms with Crippen LogP contribution in [-0.4, -0.2) is 35.5 Å². The van der Waals surface area contributed by atoms with Gasteiger partial charge in [-0.05, 0) is 32.9 Å². The molecule has 10 heteroatoms. The standard InChI is InChI=1S/C15H17N5O4S/c1-8-13(10(3)24-19-8)25(22,23)20-9(2)14(21)18-15-16-11-6-4-5-7-12(11)17-15/h4-7,9,20H,1-3H3,(H2,16,17,18,21)/t9-/m1/s1. The minimum absolute atomic E-state index is 0.0594. The first kappa shape index (κ1) is 17.1. The van der Waals surface area contributed by atoms with Crippen LogP contribution in [0.4, 0.5) is 5.95 Å². The lowest BCUT2D eigenvalue weighted by molar-refractivity contribution is -0.117. The van der Waals surface area contributed by atoms with E-state index in [-0.39, 0.29) is 22.3 Å². The maximum atomic E-state index is 12.4. The van der Waals surface area contributed by atoms with Crippen molar-refractivity contribution in [3.63, 3.8) is 0 Å². The molecule has 1 atom stereocenters. The minimum Gasteiger partial charge on any atom is -0.360 e. The number of carbonyl (C=O) groups is 1. The Balaban J connectivity index is 1.74. The Morgan fingerprint density at radius 2 is 2.00 bits per heavy atom. The van der Waals surface area contributed by atoms with Gasteiger partial charge in [-0.15, -0.1) is 0 Å². The zero-order chi connectivity index (χ0) is 18.2. The Morgan fingerprint density at radius 3 is 2.64 bits per heavy atom. The first-order chi connectivity index (χ1) is 11.8. The number of sulfonamides is 1. The quantitative estimate of drug-likeness (QED) is 0.629. The zero-order valence-corrected chi connectivity index (χ0v) is 14.6. The van der Waals surface area contributed by atoms with Crippen molar-refractivity contribution in [3.8, 4) is 0 Å². The van der Waals surface area contributed by atoms with Gasteiger partial charge in [0.2, 0.25) is 21.9 Å². The van der Waals surface area contributed by atoms with Crippen molar-refractivity contribution in [1.82, 2.24) is 19.8 Å². The van der Waals surface area contributed by atoms with E-state index in [0.29, 0.717) is 5.52 Å². The number of rotatable bonds is 5. The first-order valence-electron chi connectivity index (χ1n) is 7.49. The number of H-pyrrole nitrogens is 1. The van der Waals surface area contributed by atoms with Crippen molar-refractivity contribution >= 4 is 32.9 Å². The molecular weight excluding hydrogens is 346 g/mol. The van der Waals surface area contributed by atoms with Crippen LogP contribution < -0.4 is 10.0 Å². The van der Waals surface area contributed by atoms with Gasteiger partial charge >= 0.3 is 0 Å². The molecule has 3 rings (SSSR count). The maximum absolute atomic E-state index is 12.4. The number of fused-ring (bicyclic) bond motifs is 1. The Morgan fingerprint density at radius 1 is 1.28 bits per heavy atom. The van der Waals surface area contributed by atoms with Gasteiger partial charge in [-0.2, -0.15) is 4.72 Å². The second-order valence-corrected chi connectivity index (χ2v) is 7.24. The molecule has 1 aromatic carbocycles. The summed E-state index contributed by atoms with van der Waals surface area (Å²) < 4.78 is 32.0. The molecule has 0 aliphatic heterocycles. The lowest BCUT2D eigenvalue weighted by Crippen LogP contribution is -2.41. The van der Waals surface area contributed by atoms with E-state index in [4.69, 9.17) is 4.52 Å². The molecule has 3 aromatic rings. The van der Waals surface area contributed by atoms with E-state index in [1.165, 1.54) is 20.8 Å². The van der Waals surface area contributed by atoms with Gasteiger partial charge in [0.15, 0.2) is 5.76 Å². The summed E-state index contributed by atoms with van der Waals surface area (Å²) in [7, 11) is -3.94. The third-order valence-corrected chi connectivity index (χ3v) is 5.38. The highest BCUT2D eigenvalue weighted by Gasteiger charge is 2.28. The van der Waals surface area contributed by atoms with Crippen molar-refractivity contribution in [2.45, 2.75) is 31.7 Å². The molecule has 3 N–H and O–H groups in total. The molecule has 0 bridgehead atoms. The van der Waals surface area contributed by atoms with Crippen LogP contribution in [0.5, 0.6) is 0 Å². The summed E-state index contributed by atoms with van der Waals surface area (Å²) in [6.07, 6.45) is 0. The molecule has 0 unspecified atom stereocenters. The summed E-state index contributed by atoms with van der Waals surface area (Å²) in [6.45, 7) is 4.45. The Hall–Kier alpha value is -2.72. The fraction of sp³-hybridized carbons (Fsp3) is 0.267. The first-order valence-corrected chi connectivity index (χ1v) is 8.97. The molecule has 2 aromatic heterocycles. The molecule has 0 aliphatic carbocycles.